The number of aryl methyl sites for hydroxylation is 1. The molecule has 4 aromatic rings. The zero-order chi connectivity index (χ0) is 29.9. The molecule has 2 aromatic carbocycles. The highest BCUT2D eigenvalue weighted by atomic mass is 35.5. The molecule has 2 aliphatic heterocycles. The van der Waals surface area contributed by atoms with Crippen LogP contribution in [0.25, 0.3) is 16.9 Å². The van der Waals surface area contributed by atoms with E-state index in [1.807, 2.05) is 36.1 Å². The molecule has 2 N–H and O–H groups in total. The Labute approximate surface area is 254 Å². The van der Waals surface area contributed by atoms with Gasteiger partial charge in [-0.05, 0) is 68.2 Å². The van der Waals surface area contributed by atoms with Crippen LogP contribution in [0.2, 0.25) is 5.02 Å². The lowest BCUT2D eigenvalue weighted by Gasteiger charge is -2.36. The van der Waals surface area contributed by atoms with Crippen molar-refractivity contribution in [3.63, 3.8) is 0 Å². The minimum Gasteiger partial charge on any atom is -0.476 e. The maximum Gasteiger partial charge on any atom is 0.254 e. The number of ether oxygens (including phenoxy) is 1. The minimum absolute atomic E-state index is 0.0533. The van der Waals surface area contributed by atoms with Crippen LogP contribution in [0.1, 0.15) is 22.3 Å². The molecule has 0 unspecified atom stereocenters. The molecule has 0 radical (unpaired) electrons. The highest BCUT2D eigenvalue weighted by Crippen LogP contribution is 2.36. The number of halogens is 2. The number of piperazine rings is 1. The molecule has 12 heteroatoms. The number of amides is 1. The average molecular weight is 603 g/mol. The van der Waals surface area contributed by atoms with Crippen molar-refractivity contribution in [1.29, 1.82) is 5.26 Å². The maximum atomic E-state index is 14.8. The second-order valence-corrected chi connectivity index (χ2v) is 11.3. The molecule has 1 atom stereocenters. The smallest absolute Gasteiger partial charge is 0.254 e. The fourth-order valence-electron chi connectivity index (χ4n) is 5.82. The predicted molar refractivity (Wildman–Crippen MR) is 162 cm³/mol. The molecule has 0 bridgehead atoms. The Kier molecular flexibility index (Phi) is 8.42. The van der Waals surface area contributed by atoms with E-state index in [9.17, 15) is 9.18 Å². The highest BCUT2D eigenvalue weighted by molar-refractivity contribution is 6.33. The summed E-state index contributed by atoms with van der Waals surface area (Å²) in [6, 6.07) is 10.5. The molecule has 43 heavy (non-hydrogen) atoms. The Hall–Kier alpha value is -4.24. The van der Waals surface area contributed by atoms with E-state index < -0.39 is 5.82 Å². The van der Waals surface area contributed by atoms with Gasteiger partial charge in [-0.3, -0.25) is 14.1 Å². The molecule has 2 saturated heterocycles. The number of nitrogens with one attached hydrogen (secondary N) is 2. The number of nitrogens with zero attached hydrogens (tertiary/aromatic N) is 6. The lowest BCUT2D eigenvalue weighted by Crippen LogP contribution is -2.50. The minimum atomic E-state index is -0.745. The summed E-state index contributed by atoms with van der Waals surface area (Å²) in [6.07, 6.45) is 6.15. The Balaban J connectivity index is 1.16. The number of imidazole rings is 1. The van der Waals surface area contributed by atoms with Gasteiger partial charge < -0.3 is 20.3 Å². The molecular formula is C31H32ClFN8O2. The number of carbonyl (C=O) groups excluding carboxylic acids is 1. The zero-order valence-electron chi connectivity index (χ0n) is 23.8. The Bertz CT molecular complexity index is 1690. The molecule has 10 nitrogen and oxygen atoms in total. The Morgan fingerprint density at radius 3 is 2.81 bits per heavy atom. The number of hydrogen-bond acceptors (Lipinski definition) is 8. The van der Waals surface area contributed by atoms with Gasteiger partial charge in [-0.1, -0.05) is 11.6 Å². The molecule has 6 rings (SSSR count). The molecule has 0 spiro atoms. The van der Waals surface area contributed by atoms with Gasteiger partial charge in [0.2, 0.25) is 0 Å². The summed E-state index contributed by atoms with van der Waals surface area (Å²) in [6.45, 7) is 8.21. The van der Waals surface area contributed by atoms with Crippen LogP contribution in [0.15, 0.2) is 48.9 Å². The summed E-state index contributed by atoms with van der Waals surface area (Å²) in [4.78, 5) is 26.8. The normalized spacial score (nSPS) is 17.3. The quantitative estimate of drug-likeness (QED) is 0.303. The van der Waals surface area contributed by atoms with Crippen LogP contribution in [-0.4, -0.2) is 82.5 Å². The summed E-state index contributed by atoms with van der Waals surface area (Å²) in [5, 5.41) is 15.3. The molecule has 1 amide bonds. The number of nitriles is 1. The van der Waals surface area contributed by atoms with Crippen molar-refractivity contribution in [2.75, 3.05) is 57.7 Å². The van der Waals surface area contributed by atoms with Crippen molar-refractivity contribution in [2.45, 2.75) is 13.3 Å². The number of carbonyl (C=O) groups is 1. The lowest BCUT2D eigenvalue weighted by atomic mass is 10.1. The predicted octanol–water partition coefficient (Wildman–Crippen LogP) is 4.51. The first-order valence-electron chi connectivity index (χ1n) is 14.3. The largest absolute Gasteiger partial charge is 0.476 e. The van der Waals surface area contributed by atoms with E-state index in [-0.39, 0.29) is 23.3 Å². The van der Waals surface area contributed by atoms with E-state index >= 15 is 0 Å². The Morgan fingerprint density at radius 1 is 1.23 bits per heavy atom. The summed E-state index contributed by atoms with van der Waals surface area (Å²) >= 11 is 6.35. The second kappa shape index (κ2) is 12.6. The number of rotatable bonds is 8. The van der Waals surface area contributed by atoms with Crippen LogP contribution >= 0.6 is 11.6 Å². The lowest BCUT2D eigenvalue weighted by molar-refractivity contribution is 0.0620. The van der Waals surface area contributed by atoms with Gasteiger partial charge in [-0.25, -0.2) is 14.4 Å². The van der Waals surface area contributed by atoms with E-state index in [0.717, 1.165) is 57.1 Å². The molecule has 0 aliphatic carbocycles. The van der Waals surface area contributed by atoms with Gasteiger partial charge >= 0.3 is 0 Å². The van der Waals surface area contributed by atoms with E-state index in [2.05, 4.69) is 25.5 Å². The van der Waals surface area contributed by atoms with Gasteiger partial charge in [0.05, 0.1) is 16.9 Å². The van der Waals surface area contributed by atoms with Crippen molar-refractivity contribution in [3.05, 3.63) is 70.9 Å². The first kappa shape index (κ1) is 28.9. The fourth-order valence-corrected chi connectivity index (χ4v) is 6.07. The van der Waals surface area contributed by atoms with Crippen molar-refractivity contribution in [2.24, 2.45) is 5.92 Å². The van der Waals surface area contributed by atoms with Gasteiger partial charge in [-0.15, -0.1) is 0 Å². The third kappa shape index (κ3) is 5.99. The van der Waals surface area contributed by atoms with Crippen molar-refractivity contribution < 1.29 is 13.9 Å². The number of anilines is 2. The number of fused-ring (bicyclic) bond motifs is 1. The summed E-state index contributed by atoms with van der Waals surface area (Å²) in [7, 11) is 0. The first-order valence-corrected chi connectivity index (χ1v) is 14.7. The van der Waals surface area contributed by atoms with Crippen molar-refractivity contribution in [3.8, 4) is 23.1 Å². The molecule has 222 valence electrons. The van der Waals surface area contributed by atoms with Gasteiger partial charge in [-0.2, -0.15) is 5.26 Å². The van der Waals surface area contributed by atoms with Crippen LogP contribution in [0.4, 0.5) is 15.9 Å². The van der Waals surface area contributed by atoms with E-state index in [4.69, 9.17) is 21.6 Å². The number of benzene rings is 2. The summed E-state index contributed by atoms with van der Waals surface area (Å²) < 4.78 is 21.7. The highest BCUT2D eigenvalue weighted by Gasteiger charge is 2.26. The first-order chi connectivity index (χ1) is 20.9. The van der Waals surface area contributed by atoms with Crippen LogP contribution in [0, 0.1) is 30.0 Å². The average Bonchev–Trinajstić information content (AvgIpc) is 3.69. The monoisotopic (exact) mass is 602 g/mol. The third-order valence-corrected chi connectivity index (χ3v) is 8.47. The summed E-state index contributed by atoms with van der Waals surface area (Å²) in [5.41, 5.74) is 3.81. The Morgan fingerprint density at radius 2 is 2.07 bits per heavy atom. The van der Waals surface area contributed by atoms with Gasteiger partial charge in [0.25, 0.3) is 5.91 Å². The van der Waals surface area contributed by atoms with Crippen LogP contribution in [0.5, 0.6) is 5.75 Å². The van der Waals surface area contributed by atoms with E-state index in [1.54, 1.807) is 29.1 Å². The van der Waals surface area contributed by atoms with E-state index in [1.165, 1.54) is 12.5 Å². The second-order valence-electron chi connectivity index (χ2n) is 10.9. The van der Waals surface area contributed by atoms with E-state index in [0.29, 0.717) is 34.2 Å². The van der Waals surface area contributed by atoms with Crippen molar-refractivity contribution >= 4 is 34.7 Å². The van der Waals surface area contributed by atoms with Crippen molar-refractivity contribution in [1.82, 2.24) is 29.5 Å². The fraction of sp³-hybridized carbons (Fsp3) is 0.355. The van der Waals surface area contributed by atoms with Crippen LogP contribution in [0.3, 0.4) is 0 Å². The van der Waals surface area contributed by atoms with Crippen LogP contribution < -0.4 is 15.4 Å². The number of hydrogen-bond donors (Lipinski definition) is 2. The van der Waals surface area contributed by atoms with Gasteiger partial charge in [0.1, 0.15) is 6.07 Å². The molecule has 0 saturated carbocycles. The van der Waals surface area contributed by atoms with Gasteiger partial charge in [0.15, 0.2) is 29.6 Å². The maximum absolute atomic E-state index is 14.8. The molecule has 2 aliphatic rings. The zero-order valence-corrected chi connectivity index (χ0v) is 24.6. The van der Waals surface area contributed by atoms with Gasteiger partial charge in [0, 0.05) is 61.9 Å². The standard InChI is InChI=1S/C31H32ClFN8O2/c1-20-16-22(2-3-23(20)31(42)40-13-11-39(12-14-40)19-21-6-8-35-17-21)38-29-30-37-18-25(41(30)10-9-36-29)24-4-5-26(43-15-7-34)28(33)27(24)32/h2-5,9-10,16,18,21,35H,6,8,11-15,17,19H2,1H3,(H,36,38)/t21-/m0/s1. The molecule has 2 fully saturated rings. The van der Waals surface area contributed by atoms with Crippen LogP contribution in [-0.2, 0) is 0 Å². The SMILES string of the molecule is Cc1cc(Nc2nccn3c(-c4ccc(OCC#N)c(F)c4Cl)cnc23)ccc1C(=O)N1CCN(C[C@H]2CCNC2)CC1. The topological polar surface area (TPSA) is 111 Å². The third-order valence-electron chi connectivity index (χ3n) is 8.10. The molecule has 2 aromatic heterocycles. The summed E-state index contributed by atoms with van der Waals surface area (Å²) in [5.74, 6) is 0.417. The molecule has 4 heterocycles. The number of aromatic nitrogens is 3. The molecular weight excluding hydrogens is 571 g/mol.